The van der Waals surface area contributed by atoms with Gasteiger partial charge in [-0.25, -0.2) is 4.98 Å². The first-order chi connectivity index (χ1) is 6.59. The van der Waals surface area contributed by atoms with Gasteiger partial charge in [-0.3, -0.25) is 0 Å². The summed E-state index contributed by atoms with van der Waals surface area (Å²) in [6, 6.07) is 3.91. The summed E-state index contributed by atoms with van der Waals surface area (Å²) in [6.45, 7) is 3.65. The van der Waals surface area contributed by atoms with Gasteiger partial charge in [0, 0.05) is 15.6 Å². The number of hydrogen-bond acceptors (Lipinski definition) is 2. The predicted molar refractivity (Wildman–Crippen MR) is 61.4 cm³/mol. The normalized spacial score (nSPS) is 10.9. The van der Waals surface area contributed by atoms with Crippen molar-refractivity contribution in [3.8, 4) is 0 Å². The van der Waals surface area contributed by atoms with Crippen molar-refractivity contribution in [2.45, 2.75) is 13.7 Å². The molecule has 0 fully saturated rings. The van der Waals surface area contributed by atoms with Crippen molar-refractivity contribution in [1.29, 1.82) is 0 Å². The van der Waals surface area contributed by atoms with E-state index in [-0.39, 0.29) is 0 Å². The molecule has 14 heavy (non-hydrogen) atoms. The molecule has 0 aromatic carbocycles. The Balaban J connectivity index is 2.78. The largest absolute Gasteiger partial charge is 0.432 e. The van der Waals surface area contributed by atoms with Crippen LogP contribution in [0.1, 0.15) is 5.69 Å². The fourth-order valence-corrected chi connectivity index (χ4v) is 2.15. The number of aryl methyl sites for hydroxylation is 1. The third-order valence-electron chi connectivity index (χ3n) is 2.17. The number of aromatic nitrogens is 2. The Morgan fingerprint density at radius 2 is 2.29 bits per heavy atom. The van der Waals surface area contributed by atoms with Gasteiger partial charge in [-0.2, -0.15) is 0 Å². The molecule has 0 unspecified atom stereocenters. The summed E-state index contributed by atoms with van der Waals surface area (Å²) in [5.41, 5.74) is 1.75. The van der Waals surface area contributed by atoms with Crippen LogP contribution in [0.25, 0.3) is 11.0 Å². The third kappa shape index (κ3) is 1.46. The lowest BCUT2D eigenvalue weighted by Crippen LogP contribution is -2.18. The summed E-state index contributed by atoms with van der Waals surface area (Å²) in [4.78, 5) is 4.39. The van der Waals surface area contributed by atoms with E-state index in [1.54, 1.807) is 11.3 Å². The number of pyridine rings is 1. The predicted octanol–water partition coefficient (Wildman–Crippen LogP) is 2.07. The van der Waals surface area contributed by atoms with E-state index in [2.05, 4.69) is 20.9 Å². The maximum atomic E-state index is 9.50. The molecule has 0 radical (unpaired) electrons. The van der Waals surface area contributed by atoms with Gasteiger partial charge in [0.1, 0.15) is 5.65 Å². The van der Waals surface area contributed by atoms with E-state index in [0.717, 1.165) is 21.2 Å². The maximum absolute atomic E-state index is 9.50. The standard InChI is InChI=1S/C9H10BBrN2O/c1-6-5-8(11)7-3-4-13(10(2)14)9(7)12-6/h3-5,14H,1-2H3. The fourth-order valence-electron chi connectivity index (χ4n) is 1.51. The lowest BCUT2D eigenvalue weighted by atomic mass is 9.88. The van der Waals surface area contributed by atoms with Crippen LogP contribution in [0.15, 0.2) is 22.8 Å². The van der Waals surface area contributed by atoms with Crippen LogP contribution in [0.4, 0.5) is 0 Å². The van der Waals surface area contributed by atoms with Crippen molar-refractivity contribution in [3.05, 3.63) is 28.5 Å². The molecule has 0 aliphatic carbocycles. The van der Waals surface area contributed by atoms with Gasteiger partial charge in [0.2, 0.25) is 0 Å². The summed E-state index contributed by atoms with van der Waals surface area (Å²) in [5, 5.41) is 10.5. The molecule has 0 atom stereocenters. The van der Waals surface area contributed by atoms with Gasteiger partial charge in [-0.05, 0) is 48.0 Å². The van der Waals surface area contributed by atoms with Crippen molar-refractivity contribution < 1.29 is 5.02 Å². The van der Waals surface area contributed by atoms with Gasteiger partial charge in [0.25, 0.3) is 0 Å². The quantitative estimate of drug-likeness (QED) is 0.790. The van der Waals surface area contributed by atoms with E-state index in [1.807, 2.05) is 25.3 Å². The molecule has 0 aliphatic heterocycles. The van der Waals surface area contributed by atoms with E-state index >= 15 is 0 Å². The number of rotatable bonds is 1. The molecule has 1 N–H and O–H groups in total. The molecule has 2 aromatic rings. The highest BCUT2D eigenvalue weighted by atomic mass is 79.9. The number of fused-ring (bicyclic) bond motifs is 1. The number of hydrogen-bond donors (Lipinski definition) is 1. The molecule has 5 heteroatoms. The molecule has 3 nitrogen and oxygen atoms in total. The number of halogens is 1. The first kappa shape index (κ1) is 9.74. The molecule has 2 aromatic heterocycles. The Bertz CT molecular complexity index is 481. The van der Waals surface area contributed by atoms with Crippen LogP contribution >= 0.6 is 15.9 Å². The minimum absolute atomic E-state index is 0.548. The Kier molecular flexibility index (Phi) is 2.37. The van der Waals surface area contributed by atoms with Gasteiger partial charge in [-0.1, -0.05) is 0 Å². The Labute approximate surface area is 91.0 Å². The van der Waals surface area contributed by atoms with Crippen LogP contribution < -0.4 is 0 Å². The second kappa shape index (κ2) is 3.40. The van der Waals surface area contributed by atoms with E-state index in [9.17, 15) is 5.02 Å². The Hall–Kier alpha value is -0.805. The molecule has 0 saturated heterocycles. The van der Waals surface area contributed by atoms with Gasteiger partial charge >= 0.3 is 7.05 Å². The molecule has 2 rings (SSSR count). The minimum Gasteiger partial charge on any atom is -0.432 e. The van der Waals surface area contributed by atoms with Crippen LogP contribution in [0.5, 0.6) is 0 Å². The summed E-state index contributed by atoms with van der Waals surface area (Å²) in [6.07, 6.45) is 1.84. The SMILES string of the molecule is CB(O)n1ccc2c(Br)cc(C)nc21. The van der Waals surface area contributed by atoms with E-state index in [1.165, 1.54) is 0 Å². The van der Waals surface area contributed by atoms with Crippen LogP contribution in [0, 0.1) is 6.92 Å². The van der Waals surface area contributed by atoms with E-state index in [0.29, 0.717) is 0 Å². The monoisotopic (exact) mass is 252 g/mol. The summed E-state index contributed by atoms with van der Waals surface area (Å²) in [5.74, 6) is 0. The van der Waals surface area contributed by atoms with Gasteiger partial charge in [0.15, 0.2) is 0 Å². The highest BCUT2D eigenvalue weighted by molar-refractivity contribution is 9.10. The lowest BCUT2D eigenvalue weighted by Gasteiger charge is -2.04. The molecule has 0 bridgehead atoms. The Morgan fingerprint density at radius 1 is 1.57 bits per heavy atom. The molecule has 72 valence electrons. The highest BCUT2D eigenvalue weighted by Crippen LogP contribution is 2.24. The molecule has 0 amide bonds. The molecular weight excluding hydrogens is 243 g/mol. The number of nitrogens with zero attached hydrogens (tertiary/aromatic N) is 2. The summed E-state index contributed by atoms with van der Waals surface area (Å²) >= 11 is 3.48. The minimum atomic E-state index is -0.548. The zero-order valence-corrected chi connectivity index (χ0v) is 9.62. The van der Waals surface area contributed by atoms with E-state index in [4.69, 9.17) is 0 Å². The zero-order chi connectivity index (χ0) is 10.3. The van der Waals surface area contributed by atoms with Crippen molar-refractivity contribution in [3.63, 3.8) is 0 Å². The molecule has 2 heterocycles. The second-order valence-corrected chi connectivity index (χ2v) is 4.19. The molecule has 0 spiro atoms. The molecule has 0 saturated carbocycles. The lowest BCUT2D eigenvalue weighted by molar-refractivity contribution is 0.565. The molecular formula is C9H10BBrN2O. The fraction of sp³-hybridized carbons (Fsp3) is 0.222. The van der Waals surface area contributed by atoms with Crippen LogP contribution in [0.2, 0.25) is 6.82 Å². The summed E-state index contributed by atoms with van der Waals surface area (Å²) < 4.78 is 2.76. The van der Waals surface area contributed by atoms with Crippen molar-refractivity contribution in [1.82, 2.24) is 9.46 Å². The van der Waals surface area contributed by atoms with E-state index < -0.39 is 7.05 Å². The van der Waals surface area contributed by atoms with Gasteiger partial charge in [0.05, 0.1) is 0 Å². The van der Waals surface area contributed by atoms with Crippen molar-refractivity contribution in [2.75, 3.05) is 0 Å². The van der Waals surface area contributed by atoms with Crippen LogP contribution in [-0.2, 0) is 0 Å². The highest BCUT2D eigenvalue weighted by Gasteiger charge is 2.12. The van der Waals surface area contributed by atoms with Crippen LogP contribution in [0.3, 0.4) is 0 Å². The zero-order valence-electron chi connectivity index (χ0n) is 8.03. The Morgan fingerprint density at radius 3 is 2.93 bits per heavy atom. The first-order valence-electron chi connectivity index (χ1n) is 4.41. The smallest absolute Gasteiger partial charge is 0.414 e. The van der Waals surface area contributed by atoms with Crippen molar-refractivity contribution >= 4 is 34.0 Å². The second-order valence-electron chi connectivity index (χ2n) is 3.34. The average molecular weight is 253 g/mol. The third-order valence-corrected chi connectivity index (χ3v) is 2.82. The van der Waals surface area contributed by atoms with Crippen molar-refractivity contribution in [2.24, 2.45) is 0 Å². The first-order valence-corrected chi connectivity index (χ1v) is 5.20. The van der Waals surface area contributed by atoms with Gasteiger partial charge in [-0.15, -0.1) is 0 Å². The maximum Gasteiger partial charge on any atom is 0.414 e. The molecule has 0 aliphatic rings. The topological polar surface area (TPSA) is 38.0 Å². The van der Waals surface area contributed by atoms with Gasteiger partial charge < -0.3 is 9.50 Å². The summed E-state index contributed by atoms with van der Waals surface area (Å²) in [7, 11) is -0.548. The average Bonchev–Trinajstić information content (AvgIpc) is 2.47. The van der Waals surface area contributed by atoms with Crippen LogP contribution in [-0.4, -0.2) is 21.5 Å².